The van der Waals surface area contributed by atoms with Crippen LogP contribution in [0.25, 0.3) is 0 Å². The van der Waals surface area contributed by atoms with E-state index in [-0.39, 0.29) is 41.5 Å². The summed E-state index contributed by atoms with van der Waals surface area (Å²) in [6.07, 6.45) is 2.22. The van der Waals surface area contributed by atoms with E-state index in [1.54, 1.807) is 13.8 Å². The summed E-state index contributed by atoms with van der Waals surface area (Å²) in [7, 11) is -2.10. The largest absolute Gasteiger partial charge is 0.463 e. The highest BCUT2D eigenvalue weighted by Crippen LogP contribution is 2.47. The summed E-state index contributed by atoms with van der Waals surface area (Å²) in [4.78, 5) is 12.0. The molecule has 3 heterocycles. The zero-order chi connectivity index (χ0) is 27.0. The van der Waals surface area contributed by atoms with Crippen molar-refractivity contribution >= 4 is 14.3 Å². The molecule has 0 N–H and O–H groups in total. The zero-order valence-corrected chi connectivity index (χ0v) is 24.6. The summed E-state index contributed by atoms with van der Waals surface area (Å²) >= 11 is 0. The molecule has 0 unspecified atom stereocenters. The Kier molecular flexibility index (Phi) is 8.39. The predicted molar refractivity (Wildman–Crippen MR) is 144 cm³/mol. The van der Waals surface area contributed by atoms with E-state index < -0.39 is 20.2 Å². The Hall–Kier alpha value is -1.55. The van der Waals surface area contributed by atoms with E-state index in [4.69, 9.17) is 28.1 Å². The molecule has 7 nitrogen and oxygen atoms in total. The van der Waals surface area contributed by atoms with Crippen molar-refractivity contribution in [3.8, 4) is 0 Å². The average molecular weight is 533 g/mol. The fourth-order valence-electron chi connectivity index (χ4n) is 4.87. The Morgan fingerprint density at radius 3 is 2.51 bits per heavy atom. The Bertz CT molecular complexity index is 972. The van der Waals surface area contributed by atoms with E-state index >= 15 is 0 Å². The van der Waals surface area contributed by atoms with Crippen molar-refractivity contribution in [1.29, 1.82) is 0 Å². The summed E-state index contributed by atoms with van der Waals surface area (Å²) in [5.41, 5.74) is 1.00. The third-order valence-electron chi connectivity index (χ3n) is 8.23. The predicted octanol–water partition coefficient (Wildman–Crippen LogP) is 5.71. The minimum absolute atomic E-state index is 0.0427. The van der Waals surface area contributed by atoms with Crippen molar-refractivity contribution in [2.75, 3.05) is 13.2 Å². The third-order valence-corrected chi connectivity index (χ3v) is 12.7. The fourth-order valence-corrected chi connectivity index (χ4v) is 6.28. The lowest BCUT2D eigenvalue weighted by Gasteiger charge is -2.53. The molecule has 4 rings (SSSR count). The maximum absolute atomic E-state index is 12.0. The normalized spacial score (nSPS) is 34.5. The van der Waals surface area contributed by atoms with Gasteiger partial charge in [0.2, 0.25) is 0 Å². The number of epoxide rings is 1. The molecule has 206 valence electrons. The van der Waals surface area contributed by atoms with E-state index in [0.717, 1.165) is 12.0 Å². The number of rotatable bonds is 8. The lowest BCUT2D eigenvalue weighted by Crippen LogP contribution is -2.62. The molecule has 0 saturated carbocycles. The highest BCUT2D eigenvalue weighted by atomic mass is 28.4. The van der Waals surface area contributed by atoms with Gasteiger partial charge < -0.3 is 28.1 Å². The first kappa shape index (κ1) is 28.5. The zero-order valence-electron chi connectivity index (χ0n) is 23.6. The summed E-state index contributed by atoms with van der Waals surface area (Å²) in [6, 6.07) is 10.0. The van der Waals surface area contributed by atoms with Gasteiger partial charge in [0.25, 0.3) is 0 Å². The Morgan fingerprint density at radius 1 is 1.16 bits per heavy atom. The number of carbonyl (C=O) groups is 1. The van der Waals surface area contributed by atoms with Crippen molar-refractivity contribution < 1.29 is 32.9 Å². The molecule has 0 radical (unpaired) electrons. The van der Waals surface area contributed by atoms with Crippen molar-refractivity contribution in [3.63, 3.8) is 0 Å². The number of esters is 1. The third kappa shape index (κ3) is 6.54. The van der Waals surface area contributed by atoms with E-state index in [1.165, 1.54) is 0 Å². The van der Waals surface area contributed by atoms with Crippen LogP contribution < -0.4 is 0 Å². The van der Waals surface area contributed by atoms with Crippen LogP contribution in [0, 0.1) is 0 Å². The van der Waals surface area contributed by atoms with Gasteiger partial charge in [-0.1, -0.05) is 51.1 Å². The molecule has 3 aliphatic heterocycles. The van der Waals surface area contributed by atoms with Crippen LogP contribution in [0.2, 0.25) is 18.1 Å². The second-order valence-corrected chi connectivity index (χ2v) is 17.0. The van der Waals surface area contributed by atoms with Gasteiger partial charge in [0.15, 0.2) is 14.6 Å². The molecule has 7 atom stereocenters. The van der Waals surface area contributed by atoms with Gasteiger partial charge in [-0.25, -0.2) is 4.79 Å². The quantitative estimate of drug-likeness (QED) is 0.184. The lowest BCUT2D eigenvalue weighted by atomic mass is 9.84. The maximum Gasteiger partial charge on any atom is 0.333 e. The molecule has 0 aliphatic carbocycles. The molecule has 3 fully saturated rings. The van der Waals surface area contributed by atoms with Gasteiger partial charge in [-0.05, 0) is 45.0 Å². The molecule has 0 aromatic heterocycles. The van der Waals surface area contributed by atoms with Crippen LogP contribution in [-0.4, -0.2) is 63.6 Å². The highest BCUT2D eigenvalue weighted by molar-refractivity contribution is 6.74. The number of hydrogen-bond donors (Lipinski definition) is 0. The number of ether oxygens (including phenoxy) is 5. The molecule has 3 saturated heterocycles. The van der Waals surface area contributed by atoms with Gasteiger partial charge in [0, 0.05) is 24.0 Å². The van der Waals surface area contributed by atoms with Crippen LogP contribution in [0.15, 0.2) is 42.0 Å². The van der Waals surface area contributed by atoms with Crippen molar-refractivity contribution in [3.05, 3.63) is 47.5 Å². The first-order valence-electron chi connectivity index (χ1n) is 13.5. The SMILES string of the molecule is CCOC(=O)/C(C)=C/[C@H]1O[C@@H]1C[C@]1(C)O[C@@H]2CO[C@@H](c3ccccc3)O[C@H]2C[C@H]1O[Si](C)(C)C(C)(C)C. The fraction of sp³-hybridized carbons (Fsp3) is 0.690. The van der Waals surface area contributed by atoms with Gasteiger partial charge in [-0.15, -0.1) is 0 Å². The monoisotopic (exact) mass is 532 g/mol. The maximum atomic E-state index is 12.0. The Balaban J connectivity index is 1.50. The Morgan fingerprint density at radius 2 is 1.86 bits per heavy atom. The summed E-state index contributed by atoms with van der Waals surface area (Å²) in [5.74, 6) is -0.302. The first-order valence-corrected chi connectivity index (χ1v) is 16.4. The van der Waals surface area contributed by atoms with Gasteiger partial charge >= 0.3 is 5.97 Å². The van der Waals surface area contributed by atoms with Crippen LogP contribution >= 0.6 is 0 Å². The van der Waals surface area contributed by atoms with Gasteiger partial charge in [-0.3, -0.25) is 0 Å². The molecule has 0 bridgehead atoms. The number of carbonyl (C=O) groups excluding carboxylic acids is 1. The number of fused-ring (bicyclic) bond motifs is 1. The second-order valence-electron chi connectivity index (χ2n) is 12.2. The van der Waals surface area contributed by atoms with Crippen LogP contribution in [-0.2, 0) is 32.9 Å². The average Bonchev–Trinajstić information content (AvgIpc) is 3.55. The molecule has 1 aromatic rings. The van der Waals surface area contributed by atoms with E-state index in [9.17, 15) is 4.79 Å². The van der Waals surface area contributed by atoms with Gasteiger partial charge in [-0.2, -0.15) is 0 Å². The van der Waals surface area contributed by atoms with Crippen molar-refractivity contribution in [2.45, 2.75) is 115 Å². The molecule has 0 spiro atoms. The second kappa shape index (κ2) is 10.9. The standard InChI is InChI=1S/C29H44O7Si/c1-9-31-26(30)19(2)15-21-23(33-21)17-29(6)25(36-37(7,8)28(3,4)5)16-22-24(35-29)18-32-27(34-22)20-13-11-10-12-14-20/h10-15,21-25,27H,9,16-18H2,1-8H3/b19-15+/t21-,22+,23-,24-,25-,27-,29+/m1/s1. The van der Waals surface area contributed by atoms with Gasteiger partial charge in [0.1, 0.15) is 12.2 Å². The number of benzene rings is 1. The smallest absolute Gasteiger partial charge is 0.333 e. The number of hydrogen-bond acceptors (Lipinski definition) is 7. The minimum Gasteiger partial charge on any atom is -0.463 e. The molecule has 3 aliphatic rings. The molecular weight excluding hydrogens is 488 g/mol. The lowest BCUT2D eigenvalue weighted by molar-refractivity contribution is -0.320. The minimum atomic E-state index is -2.10. The topological polar surface area (TPSA) is 75.8 Å². The van der Waals surface area contributed by atoms with Crippen molar-refractivity contribution in [2.24, 2.45) is 0 Å². The van der Waals surface area contributed by atoms with Crippen LogP contribution in [0.3, 0.4) is 0 Å². The van der Waals surface area contributed by atoms with E-state index in [0.29, 0.717) is 25.2 Å². The van der Waals surface area contributed by atoms with Crippen LogP contribution in [0.5, 0.6) is 0 Å². The summed E-state index contributed by atoms with van der Waals surface area (Å²) in [6.45, 7) is 17.8. The summed E-state index contributed by atoms with van der Waals surface area (Å²) in [5, 5.41) is 0.0615. The van der Waals surface area contributed by atoms with Crippen LogP contribution in [0.4, 0.5) is 0 Å². The van der Waals surface area contributed by atoms with Crippen LogP contribution in [0.1, 0.15) is 66.2 Å². The first-order chi connectivity index (χ1) is 17.3. The van der Waals surface area contributed by atoms with E-state index in [2.05, 4.69) is 40.8 Å². The summed E-state index contributed by atoms with van der Waals surface area (Å²) < 4.78 is 37.4. The molecule has 8 heteroatoms. The van der Waals surface area contributed by atoms with Crippen molar-refractivity contribution in [1.82, 2.24) is 0 Å². The highest BCUT2D eigenvalue weighted by Gasteiger charge is 2.55. The molecule has 0 amide bonds. The van der Waals surface area contributed by atoms with E-state index in [1.807, 2.05) is 36.4 Å². The molecule has 1 aromatic carbocycles. The Labute approximate surface area is 222 Å². The molecular formula is C29H44O7Si. The molecule has 37 heavy (non-hydrogen) atoms. The van der Waals surface area contributed by atoms with Gasteiger partial charge in [0.05, 0.1) is 37.1 Å².